The van der Waals surface area contributed by atoms with E-state index in [0.29, 0.717) is 36.0 Å². The van der Waals surface area contributed by atoms with Gasteiger partial charge in [-0.15, -0.1) is 23.2 Å². The number of rotatable bonds is 22. The molecule has 2 unspecified atom stereocenters. The number of nitrogens with zero attached hydrogens (tertiary/aromatic N) is 4. The second-order valence-corrected chi connectivity index (χ2v) is 16.0. The van der Waals surface area contributed by atoms with Crippen LogP contribution in [0.1, 0.15) is 59.5 Å². The Morgan fingerprint density at radius 1 is 0.529 bits per heavy atom. The molecule has 2 atom stereocenters. The van der Waals surface area contributed by atoms with Gasteiger partial charge in [0.2, 0.25) is 12.1 Å². The van der Waals surface area contributed by atoms with Crippen LogP contribution in [0.25, 0.3) is 0 Å². The van der Waals surface area contributed by atoms with Crippen LogP contribution in [0.15, 0.2) is 118 Å². The third kappa shape index (κ3) is 13.7. The predicted octanol–water partition coefficient (Wildman–Crippen LogP) is 11.2. The first-order valence-corrected chi connectivity index (χ1v) is 22.9. The summed E-state index contributed by atoms with van der Waals surface area (Å²) in [6.45, 7) is 5.86. The van der Waals surface area contributed by atoms with Gasteiger partial charge in [-0.2, -0.15) is 20.5 Å². The van der Waals surface area contributed by atoms with E-state index < -0.39 is 47.3 Å². The number of carbonyl (C=O) groups excluding carboxylic acids is 6. The van der Waals surface area contributed by atoms with Crippen LogP contribution in [0.3, 0.4) is 0 Å². The average Bonchev–Trinajstić information content (AvgIpc) is 3.30. The zero-order chi connectivity index (χ0) is 49.3. The molecule has 4 amide bonds. The van der Waals surface area contributed by atoms with Gasteiger partial charge in [0, 0.05) is 35.3 Å². The number of ketones is 2. The van der Waals surface area contributed by atoms with Crippen molar-refractivity contribution in [1.82, 2.24) is 0 Å². The molecule has 0 spiro atoms. The number of Topliss-reactive ketones (excluding diaryl/α,β-unsaturated/α-hetero) is 2. The molecule has 0 radical (unpaired) electrons. The molecule has 354 valence electrons. The molecule has 0 saturated heterocycles. The summed E-state index contributed by atoms with van der Waals surface area (Å²) in [4.78, 5) is 79.7. The maximum absolute atomic E-state index is 13.7. The maximum atomic E-state index is 13.7. The van der Waals surface area contributed by atoms with Crippen molar-refractivity contribution in [2.24, 2.45) is 20.5 Å². The number of anilines is 4. The standard InChI is InChI=1S/C48H46Cl4N8O8/c1-5-67-39-25-38(56-48(66)44(28(4)62)60-58-36-20-12-16-32(42(36)52)46(64)54-34-18-10-8-14-30(34)22-24-50)40(68-6-2)26-37(39)55-47(65)43(27(3)61)59-57-35-19-11-15-31(41(35)51)45(63)53-33-17-9-7-13-29(33)21-23-49/h7-20,25-26,43-44H,5-6,21-24H2,1-4H3,(H,53,63)(H,54,64)(H,55,65)(H,56,66). The molecule has 5 rings (SSSR count). The largest absolute Gasteiger partial charge is 0.492 e. The molecule has 5 aromatic rings. The van der Waals surface area contributed by atoms with Crippen molar-refractivity contribution in [3.63, 3.8) is 0 Å². The van der Waals surface area contributed by atoms with Crippen molar-refractivity contribution in [2.45, 2.75) is 52.6 Å². The first-order valence-electron chi connectivity index (χ1n) is 21.1. The minimum Gasteiger partial charge on any atom is -0.492 e. The van der Waals surface area contributed by atoms with Crippen molar-refractivity contribution in [3.05, 3.63) is 129 Å². The summed E-state index contributed by atoms with van der Waals surface area (Å²) in [5.74, 6) is -3.44. The number of ether oxygens (including phenoxy) is 2. The quantitative estimate of drug-likeness (QED) is 0.0296. The van der Waals surface area contributed by atoms with Crippen molar-refractivity contribution in [2.75, 3.05) is 46.2 Å². The van der Waals surface area contributed by atoms with Crippen LogP contribution in [0.2, 0.25) is 10.0 Å². The Hall–Kier alpha value is -6.72. The monoisotopic (exact) mass is 1000 g/mol. The molecule has 16 nitrogen and oxygen atoms in total. The van der Waals surface area contributed by atoms with Crippen LogP contribution in [-0.4, -0.2) is 72.3 Å². The Morgan fingerprint density at radius 3 is 1.26 bits per heavy atom. The van der Waals surface area contributed by atoms with Gasteiger partial charge in [-0.25, -0.2) is 0 Å². The number of amides is 4. The zero-order valence-corrected chi connectivity index (χ0v) is 40.2. The number of azo groups is 2. The van der Waals surface area contributed by atoms with Gasteiger partial charge < -0.3 is 30.7 Å². The van der Waals surface area contributed by atoms with Crippen LogP contribution < -0.4 is 30.7 Å². The number of carbonyl (C=O) groups is 6. The van der Waals surface area contributed by atoms with Crippen molar-refractivity contribution in [3.8, 4) is 11.5 Å². The molecule has 0 bridgehead atoms. The lowest BCUT2D eigenvalue weighted by Crippen LogP contribution is -2.32. The molecular weight excluding hydrogens is 958 g/mol. The van der Waals surface area contributed by atoms with Crippen molar-refractivity contribution < 1.29 is 38.2 Å². The van der Waals surface area contributed by atoms with Gasteiger partial charge in [0.25, 0.3) is 23.6 Å². The number of halogens is 4. The molecule has 0 heterocycles. The summed E-state index contributed by atoms with van der Waals surface area (Å²) >= 11 is 25.1. The highest BCUT2D eigenvalue weighted by Crippen LogP contribution is 2.38. The number of hydrogen-bond acceptors (Lipinski definition) is 12. The molecule has 20 heteroatoms. The molecule has 0 fully saturated rings. The molecule has 68 heavy (non-hydrogen) atoms. The molecule has 0 aliphatic rings. The molecule has 4 N–H and O–H groups in total. The van der Waals surface area contributed by atoms with Crippen LogP contribution >= 0.6 is 46.4 Å². The lowest BCUT2D eigenvalue weighted by molar-refractivity contribution is -0.127. The highest BCUT2D eigenvalue weighted by atomic mass is 35.5. The molecule has 0 saturated carbocycles. The minimum atomic E-state index is -1.68. The predicted molar refractivity (Wildman–Crippen MR) is 265 cm³/mol. The van der Waals surface area contributed by atoms with Gasteiger partial charge in [-0.3, -0.25) is 28.8 Å². The second kappa shape index (κ2) is 25.4. The highest BCUT2D eigenvalue weighted by molar-refractivity contribution is 6.37. The molecule has 0 aromatic heterocycles. The number of alkyl halides is 2. The molecular formula is C48H46Cl4N8O8. The van der Waals surface area contributed by atoms with E-state index >= 15 is 0 Å². The fourth-order valence-corrected chi connectivity index (χ4v) is 7.34. The van der Waals surface area contributed by atoms with Crippen molar-refractivity contribution >= 4 is 116 Å². The van der Waals surface area contributed by atoms with E-state index in [2.05, 4.69) is 41.7 Å². The number of benzene rings is 5. The van der Waals surface area contributed by atoms with Crippen LogP contribution in [-0.2, 0) is 32.0 Å². The number of hydrogen-bond donors (Lipinski definition) is 4. The number of aryl methyl sites for hydroxylation is 2. The highest BCUT2D eigenvalue weighted by Gasteiger charge is 2.28. The van der Waals surface area contributed by atoms with E-state index in [1.54, 1.807) is 38.1 Å². The van der Waals surface area contributed by atoms with Gasteiger partial charge in [0.1, 0.15) is 22.9 Å². The summed E-state index contributed by atoms with van der Waals surface area (Å²) in [5.41, 5.74) is 3.02. The second-order valence-electron chi connectivity index (χ2n) is 14.5. The summed E-state index contributed by atoms with van der Waals surface area (Å²) < 4.78 is 11.6. The lowest BCUT2D eigenvalue weighted by Gasteiger charge is -2.19. The first kappa shape index (κ1) is 52.3. The Labute approximate surface area is 412 Å². The summed E-state index contributed by atoms with van der Waals surface area (Å²) in [5, 5.41) is 26.9. The number of para-hydroxylation sites is 2. The van der Waals surface area contributed by atoms with Gasteiger partial charge in [0.05, 0.1) is 45.8 Å². The molecule has 5 aromatic carbocycles. The maximum Gasteiger partial charge on any atom is 0.258 e. The van der Waals surface area contributed by atoms with Crippen LogP contribution in [0.5, 0.6) is 11.5 Å². The van der Waals surface area contributed by atoms with Gasteiger partial charge in [-0.1, -0.05) is 71.7 Å². The molecule has 0 aliphatic carbocycles. The normalized spacial score (nSPS) is 12.0. The van der Waals surface area contributed by atoms with E-state index in [4.69, 9.17) is 55.9 Å². The van der Waals surface area contributed by atoms with Gasteiger partial charge >= 0.3 is 0 Å². The Bertz CT molecular complexity index is 2570. The third-order valence-corrected chi connectivity index (χ3v) is 10.9. The Kier molecular flexibility index (Phi) is 19.5. The van der Waals surface area contributed by atoms with E-state index in [9.17, 15) is 28.8 Å². The van der Waals surface area contributed by atoms with E-state index in [1.165, 1.54) is 48.5 Å². The third-order valence-electron chi connectivity index (χ3n) is 9.73. The lowest BCUT2D eigenvalue weighted by atomic mass is 10.1. The summed E-state index contributed by atoms with van der Waals surface area (Å²) in [7, 11) is 0. The van der Waals surface area contributed by atoms with Crippen molar-refractivity contribution in [1.29, 1.82) is 0 Å². The average molecular weight is 1000 g/mol. The van der Waals surface area contributed by atoms with Crippen LogP contribution in [0, 0.1) is 0 Å². The SMILES string of the molecule is CCOc1cc(NC(=O)C(N=Nc2cccc(C(=O)Nc3ccccc3CCCl)c2Cl)C(C)=O)c(OCC)cc1NC(=O)C(N=Nc1cccc(C(=O)Nc2ccccc2CCCl)c1Cl)C(C)=O. The number of nitrogens with one attached hydrogen (secondary N) is 4. The van der Waals surface area contributed by atoms with Gasteiger partial charge in [-0.05, 0) is 88.1 Å². The zero-order valence-electron chi connectivity index (χ0n) is 37.2. The van der Waals surface area contributed by atoms with Crippen LogP contribution in [0.4, 0.5) is 34.1 Å². The fraction of sp³-hybridized carbons (Fsp3) is 0.250. The van der Waals surface area contributed by atoms with E-state index in [0.717, 1.165) is 25.0 Å². The fourth-order valence-electron chi connectivity index (χ4n) is 6.43. The first-order chi connectivity index (χ1) is 32.7. The topological polar surface area (TPSA) is 218 Å². The Morgan fingerprint density at radius 2 is 0.912 bits per heavy atom. The van der Waals surface area contributed by atoms with E-state index in [-0.39, 0.29) is 68.6 Å². The summed E-state index contributed by atoms with van der Waals surface area (Å²) in [6.07, 6.45) is 1.05. The van der Waals surface area contributed by atoms with E-state index in [1.807, 2.05) is 24.3 Å². The van der Waals surface area contributed by atoms with Gasteiger partial charge in [0.15, 0.2) is 11.6 Å². The Balaban J connectivity index is 1.35. The summed E-state index contributed by atoms with van der Waals surface area (Å²) in [6, 6.07) is 22.7. The minimum absolute atomic E-state index is 0.0181. The smallest absolute Gasteiger partial charge is 0.258 e. The molecule has 0 aliphatic heterocycles.